The molecule has 0 aliphatic carbocycles. The molecule has 0 unspecified atom stereocenters. The molecule has 9 N–H and O–H groups in total. The Bertz CT molecular complexity index is 1540. The highest BCUT2D eigenvalue weighted by molar-refractivity contribution is 5.88. The van der Waals surface area contributed by atoms with Crippen molar-refractivity contribution in [1.29, 1.82) is 0 Å². The molecule has 0 spiro atoms. The molecule has 0 bridgehead atoms. The van der Waals surface area contributed by atoms with Crippen molar-refractivity contribution in [2.24, 2.45) is 5.92 Å². The second kappa shape index (κ2) is 11.8. The summed E-state index contributed by atoms with van der Waals surface area (Å²) < 4.78 is 28.3. The van der Waals surface area contributed by atoms with Crippen molar-refractivity contribution in [3.8, 4) is 40.1 Å². The normalized spacial score (nSPS) is 33.0. The molecule has 10 atom stereocenters. The summed E-state index contributed by atoms with van der Waals surface area (Å²) in [5, 5.41) is 92.1. The van der Waals surface area contributed by atoms with Crippen LogP contribution >= 0.6 is 0 Å². The molecule has 2 aliphatic heterocycles. The third kappa shape index (κ3) is 5.69. The molecule has 3 heterocycles. The van der Waals surface area contributed by atoms with Gasteiger partial charge in [-0.25, -0.2) is 0 Å². The maximum absolute atomic E-state index is 13.6. The minimum Gasteiger partial charge on any atom is -0.508 e. The van der Waals surface area contributed by atoms with Crippen LogP contribution < -0.4 is 10.2 Å². The van der Waals surface area contributed by atoms with E-state index in [9.17, 15) is 50.8 Å². The molecule has 1 aromatic heterocycles. The van der Waals surface area contributed by atoms with Crippen LogP contribution in [0.2, 0.25) is 0 Å². The fourth-order valence-electron chi connectivity index (χ4n) is 4.99. The van der Waals surface area contributed by atoms with Gasteiger partial charge in [-0.2, -0.15) is 0 Å². The number of phenols is 4. The number of phenolic OH excluding ortho intramolecular Hbond substituents is 4. The average Bonchev–Trinajstić information content (AvgIpc) is 2.96. The Balaban J connectivity index is 1.48. The zero-order valence-electron chi connectivity index (χ0n) is 22.8. The van der Waals surface area contributed by atoms with E-state index in [-0.39, 0.29) is 16.9 Å². The second-order valence-corrected chi connectivity index (χ2v) is 10.6. The Kier molecular flexibility index (Phi) is 8.43. The van der Waals surface area contributed by atoms with E-state index in [1.165, 1.54) is 6.07 Å². The summed E-state index contributed by atoms with van der Waals surface area (Å²) in [4.78, 5) is 13.6. The van der Waals surface area contributed by atoms with Crippen LogP contribution in [0.1, 0.15) is 13.8 Å². The van der Waals surface area contributed by atoms with Gasteiger partial charge in [-0.3, -0.25) is 4.79 Å². The van der Waals surface area contributed by atoms with Crippen LogP contribution in [0.15, 0.2) is 39.5 Å². The van der Waals surface area contributed by atoms with Crippen LogP contribution in [-0.4, -0.2) is 108 Å². The Hall–Kier alpha value is -3.67. The van der Waals surface area contributed by atoms with Gasteiger partial charge in [-0.15, -0.1) is 0 Å². The first kappa shape index (κ1) is 30.8. The number of aliphatic hydroxyl groups excluding tert-OH is 5. The van der Waals surface area contributed by atoms with Crippen molar-refractivity contribution in [2.75, 3.05) is 6.61 Å². The molecule has 0 saturated carbocycles. The first-order valence-electron chi connectivity index (χ1n) is 13.3. The number of hydrogen-bond acceptors (Lipinski definition) is 15. The maximum Gasteiger partial charge on any atom is 0.239 e. The zero-order chi connectivity index (χ0) is 31.3. The monoisotopic (exact) mass is 608 g/mol. The molecular formula is C28H32O15. The van der Waals surface area contributed by atoms with Gasteiger partial charge in [0, 0.05) is 23.6 Å². The van der Waals surface area contributed by atoms with Crippen LogP contribution in [0.25, 0.3) is 22.3 Å². The summed E-state index contributed by atoms with van der Waals surface area (Å²) in [6.45, 7) is 2.83. The molecule has 0 radical (unpaired) electrons. The third-order valence-corrected chi connectivity index (χ3v) is 7.74. The minimum atomic E-state index is -1.94. The summed E-state index contributed by atoms with van der Waals surface area (Å²) in [5.74, 6) is -3.62. The lowest BCUT2D eigenvalue weighted by atomic mass is 9.92. The Morgan fingerprint density at radius 3 is 2.16 bits per heavy atom. The van der Waals surface area contributed by atoms with Crippen LogP contribution in [0.3, 0.4) is 0 Å². The van der Waals surface area contributed by atoms with E-state index >= 15 is 0 Å². The first-order valence-corrected chi connectivity index (χ1v) is 13.3. The van der Waals surface area contributed by atoms with Crippen LogP contribution in [0, 0.1) is 5.92 Å². The SMILES string of the molecule is C[C@@H]1[C@@H](O)[C@@H](O)[C@H](OC[C@H]2O[C@@H](Oc3c(-c4ccc(O)c(O)c4)oc4cc(O)cc(O)c4c3=O)[C@H](O)[C@@H](O)[C@@H]2O)O[C@H]1C. The minimum absolute atomic E-state index is 0.0109. The lowest BCUT2D eigenvalue weighted by molar-refractivity contribution is -0.313. The van der Waals surface area contributed by atoms with Crippen LogP contribution in [-0.2, 0) is 14.2 Å². The van der Waals surface area contributed by atoms with E-state index in [0.717, 1.165) is 24.3 Å². The number of ether oxygens (including phenoxy) is 4. The second-order valence-electron chi connectivity index (χ2n) is 10.6. The fraction of sp³-hybridized carbons (Fsp3) is 0.464. The number of benzene rings is 2. The van der Waals surface area contributed by atoms with E-state index in [4.69, 9.17) is 23.4 Å². The van der Waals surface area contributed by atoms with Crippen molar-refractivity contribution >= 4 is 11.0 Å². The number of fused-ring (bicyclic) bond motifs is 1. The van der Waals surface area contributed by atoms with Gasteiger partial charge in [0.05, 0.1) is 18.8 Å². The topological polar surface area (TPSA) is 249 Å². The number of aromatic hydroxyl groups is 4. The number of rotatable bonds is 6. The average molecular weight is 609 g/mol. The summed E-state index contributed by atoms with van der Waals surface area (Å²) in [6.07, 6.45) is -13.2. The van der Waals surface area contributed by atoms with Gasteiger partial charge in [0.25, 0.3) is 0 Å². The first-order chi connectivity index (χ1) is 20.3. The van der Waals surface area contributed by atoms with E-state index < -0.39 is 107 Å². The quantitative estimate of drug-likeness (QED) is 0.161. The summed E-state index contributed by atoms with van der Waals surface area (Å²) >= 11 is 0. The highest BCUT2D eigenvalue weighted by atomic mass is 16.7. The molecule has 5 rings (SSSR count). The van der Waals surface area contributed by atoms with E-state index in [2.05, 4.69) is 0 Å². The standard InChI is InChI=1S/C28H32O15/c1-9-10(2)40-27(23(37)19(9)33)39-8-17-20(34)22(36)24(38)28(42-17)43-26-21(35)18-15(32)6-12(29)7-16(18)41-25(26)11-3-4-13(30)14(31)5-11/h3-7,9-10,17,19-20,22-24,27-34,36-38H,8H2,1-2H3/t9-,10-,17+,19+,20+,22-,23+,24+,27+,28-/m0/s1. The predicted molar refractivity (Wildman–Crippen MR) is 143 cm³/mol. The zero-order valence-corrected chi connectivity index (χ0v) is 22.8. The molecule has 15 nitrogen and oxygen atoms in total. The van der Waals surface area contributed by atoms with Crippen molar-refractivity contribution in [3.05, 3.63) is 40.6 Å². The molecule has 2 fully saturated rings. The molecule has 15 heteroatoms. The third-order valence-electron chi connectivity index (χ3n) is 7.74. The van der Waals surface area contributed by atoms with E-state index in [0.29, 0.717) is 0 Å². The summed E-state index contributed by atoms with van der Waals surface area (Å²) in [7, 11) is 0. The Morgan fingerprint density at radius 2 is 1.47 bits per heavy atom. The summed E-state index contributed by atoms with van der Waals surface area (Å²) in [5.41, 5.74) is -1.29. The Labute approximate surface area is 242 Å². The molecular weight excluding hydrogens is 576 g/mol. The fourth-order valence-corrected chi connectivity index (χ4v) is 4.99. The van der Waals surface area contributed by atoms with Gasteiger partial charge in [-0.05, 0) is 25.1 Å². The van der Waals surface area contributed by atoms with Gasteiger partial charge < -0.3 is 69.3 Å². The van der Waals surface area contributed by atoms with Crippen molar-refractivity contribution in [2.45, 2.75) is 69.2 Å². The lowest BCUT2D eigenvalue weighted by Gasteiger charge is -2.42. The van der Waals surface area contributed by atoms with E-state index in [1.807, 2.05) is 0 Å². The predicted octanol–water partition coefficient (Wildman–Crippen LogP) is -0.412. The van der Waals surface area contributed by atoms with Crippen LogP contribution in [0.4, 0.5) is 0 Å². The lowest BCUT2D eigenvalue weighted by Crippen LogP contribution is -2.61. The molecule has 3 aromatic rings. The van der Waals surface area contributed by atoms with Gasteiger partial charge in [-0.1, -0.05) is 6.92 Å². The number of hydrogen-bond donors (Lipinski definition) is 9. The Morgan fingerprint density at radius 1 is 0.767 bits per heavy atom. The van der Waals surface area contributed by atoms with Crippen molar-refractivity contribution in [1.82, 2.24) is 0 Å². The van der Waals surface area contributed by atoms with Crippen LogP contribution in [0.5, 0.6) is 28.7 Å². The van der Waals surface area contributed by atoms with Crippen molar-refractivity contribution < 1.29 is 69.3 Å². The molecule has 234 valence electrons. The molecule has 2 aromatic carbocycles. The molecule has 2 saturated heterocycles. The van der Waals surface area contributed by atoms with Gasteiger partial charge in [0.1, 0.15) is 53.0 Å². The van der Waals surface area contributed by atoms with Gasteiger partial charge in [0.2, 0.25) is 17.5 Å². The largest absolute Gasteiger partial charge is 0.508 e. The molecule has 2 aliphatic rings. The molecule has 0 amide bonds. The smallest absolute Gasteiger partial charge is 0.239 e. The molecule has 43 heavy (non-hydrogen) atoms. The summed E-state index contributed by atoms with van der Waals surface area (Å²) in [6, 6.07) is 5.32. The maximum atomic E-state index is 13.6. The highest BCUT2D eigenvalue weighted by Gasteiger charge is 2.47. The number of aliphatic hydroxyl groups is 5. The van der Waals surface area contributed by atoms with Crippen molar-refractivity contribution in [3.63, 3.8) is 0 Å². The van der Waals surface area contributed by atoms with Gasteiger partial charge >= 0.3 is 0 Å². The van der Waals surface area contributed by atoms with E-state index in [1.54, 1.807) is 13.8 Å². The highest BCUT2D eigenvalue weighted by Crippen LogP contribution is 2.39. The van der Waals surface area contributed by atoms with Gasteiger partial charge in [0.15, 0.2) is 23.5 Å².